The second-order valence-corrected chi connectivity index (χ2v) is 6.31. The number of rotatable bonds is 2. The molecule has 0 spiro atoms. The largest absolute Gasteiger partial charge is 0.345 e. The first-order valence-electron chi connectivity index (χ1n) is 6.92. The highest BCUT2D eigenvalue weighted by molar-refractivity contribution is 9.10. The molecule has 1 aliphatic rings. The van der Waals surface area contributed by atoms with Crippen LogP contribution >= 0.6 is 15.9 Å². The van der Waals surface area contributed by atoms with Crippen molar-refractivity contribution in [2.75, 3.05) is 5.32 Å². The predicted octanol–water partition coefficient (Wildman–Crippen LogP) is 3.08. The van der Waals surface area contributed by atoms with E-state index in [1.165, 1.54) is 0 Å². The molecule has 1 aromatic rings. The number of amides is 2. The molecule has 2 N–H and O–H groups in total. The molecule has 1 saturated carbocycles. The van der Waals surface area contributed by atoms with Gasteiger partial charge in [0.05, 0.1) is 0 Å². The monoisotopic (exact) mass is 338 g/mol. The molecule has 2 amide bonds. The third kappa shape index (κ3) is 4.34. The van der Waals surface area contributed by atoms with E-state index in [0.29, 0.717) is 5.69 Å². The van der Waals surface area contributed by atoms with Gasteiger partial charge >= 0.3 is 11.8 Å². The minimum absolute atomic E-state index is 0.134. The molecule has 0 aromatic heterocycles. The van der Waals surface area contributed by atoms with Gasteiger partial charge in [-0.15, -0.1) is 0 Å². The Labute approximate surface area is 127 Å². The Kier molecular flexibility index (Phi) is 5.17. The molecule has 0 atom stereocenters. The van der Waals surface area contributed by atoms with Crippen LogP contribution in [0.3, 0.4) is 0 Å². The minimum Gasteiger partial charge on any atom is -0.345 e. The van der Waals surface area contributed by atoms with E-state index in [-0.39, 0.29) is 6.04 Å². The first kappa shape index (κ1) is 15.0. The number of hydrogen-bond acceptors (Lipinski definition) is 2. The third-order valence-corrected chi connectivity index (χ3v) is 4.19. The van der Waals surface area contributed by atoms with Gasteiger partial charge < -0.3 is 10.6 Å². The normalized spacial score (nSPS) is 22.1. The summed E-state index contributed by atoms with van der Waals surface area (Å²) >= 11 is 3.32. The van der Waals surface area contributed by atoms with E-state index in [9.17, 15) is 9.59 Å². The number of benzene rings is 1. The zero-order chi connectivity index (χ0) is 14.5. The first-order chi connectivity index (χ1) is 9.54. The van der Waals surface area contributed by atoms with Gasteiger partial charge in [-0.3, -0.25) is 9.59 Å². The number of carbonyl (C=O) groups is 2. The summed E-state index contributed by atoms with van der Waals surface area (Å²) in [6.45, 7) is 2.22. The lowest BCUT2D eigenvalue weighted by Crippen LogP contribution is -2.43. The summed E-state index contributed by atoms with van der Waals surface area (Å²) < 4.78 is 0.927. The van der Waals surface area contributed by atoms with Crippen LogP contribution in [0.25, 0.3) is 0 Å². The zero-order valence-electron chi connectivity index (χ0n) is 11.5. The Morgan fingerprint density at radius 2 is 1.65 bits per heavy atom. The number of carbonyl (C=O) groups excluding carboxylic acids is 2. The van der Waals surface area contributed by atoms with Gasteiger partial charge in [-0.25, -0.2) is 0 Å². The summed E-state index contributed by atoms with van der Waals surface area (Å²) in [4.78, 5) is 23.6. The van der Waals surface area contributed by atoms with Crippen LogP contribution < -0.4 is 10.6 Å². The maximum absolute atomic E-state index is 11.8. The number of hydrogen-bond donors (Lipinski definition) is 2. The van der Waals surface area contributed by atoms with Crippen LogP contribution in [0.5, 0.6) is 0 Å². The Morgan fingerprint density at radius 1 is 1.05 bits per heavy atom. The van der Waals surface area contributed by atoms with Crippen LogP contribution in [0.15, 0.2) is 28.7 Å². The average Bonchev–Trinajstić information content (AvgIpc) is 2.44. The maximum atomic E-state index is 11.8. The van der Waals surface area contributed by atoms with Gasteiger partial charge in [0.25, 0.3) is 0 Å². The van der Waals surface area contributed by atoms with Crippen molar-refractivity contribution in [3.63, 3.8) is 0 Å². The highest BCUT2D eigenvalue weighted by Gasteiger charge is 2.22. The van der Waals surface area contributed by atoms with Crippen LogP contribution in [0.4, 0.5) is 5.69 Å². The van der Waals surface area contributed by atoms with Gasteiger partial charge in [0.2, 0.25) is 0 Å². The summed E-state index contributed by atoms with van der Waals surface area (Å²) in [6.07, 6.45) is 4.13. The fourth-order valence-corrected chi connectivity index (χ4v) is 2.64. The van der Waals surface area contributed by atoms with Crippen molar-refractivity contribution in [2.24, 2.45) is 5.92 Å². The smallest absolute Gasteiger partial charge is 0.313 e. The number of halogens is 1. The van der Waals surface area contributed by atoms with Crippen molar-refractivity contribution >= 4 is 33.4 Å². The van der Waals surface area contributed by atoms with Crippen molar-refractivity contribution in [1.82, 2.24) is 5.32 Å². The molecule has 1 fully saturated rings. The van der Waals surface area contributed by atoms with E-state index in [2.05, 4.69) is 33.5 Å². The lowest BCUT2D eigenvalue weighted by atomic mass is 9.87. The molecule has 0 bridgehead atoms. The summed E-state index contributed by atoms with van der Waals surface area (Å²) in [5.74, 6) is -0.432. The molecule has 4 nitrogen and oxygen atoms in total. The molecule has 1 aliphatic carbocycles. The first-order valence-corrected chi connectivity index (χ1v) is 7.71. The summed E-state index contributed by atoms with van der Waals surface area (Å²) in [7, 11) is 0. The van der Waals surface area contributed by atoms with Gasteiger partial charge in [-0.2, -0.15) is 0 Å². The predicted molar refractivity (Wildman–Crippen MR) is 82.3 cm³/mol. The Hall–Kier alpha value is -1.36. The molecular formula is C15H19BrN2O2. The molecule has 108 valence electrons. The molecule has 0 radical (unpaired) electrons. The van der Waals surface area contributed by atoms with Crippen LogP contribution in [-0.2, 0) is 9.59 Å². The fourth-order valence-electron chi connectivity index (χ4n) is 2.38. The molecule has 0 aliphatic heterocycles. The van der Waals surface area contributed by atoms with E-state index in [0.717, 1.165) is 36.1 Å². The molecule has 5 heteroatoms. The van der Waals surface area contributed by atoms with Gasteiger partial charge in [-0.05, 0) is 55.9 Å². The van der Waals surface area contributed by atoms with E-state index >= 15 is 0 Å². The van der Waals surface area contributed by atoms with Gasteiger partial charge in [0.15, 0.2) is 0 Å². The molecular weight excluding hydrogens is 320 g/mol. The van der Waals surface area contributed by atoms with E-state index < -0.39 is 11.8 Å². The van der Waals surface area contributed by atoms with E-state index in [1.54, 1.807) is 12.1 Å². The third-order valence-electron chi connectivity index (χ3n) is 3.66. The lowest BCUT2D eigenvalue weighted by Gasteiger charge is -2.26. The minimum atomic E-state index is -0.606. The summed E-state index contributed by atoms with van der Waals surface area (Å²) in [6, 6.07) is 7.26. The fraction of sp³-hybridized carbons (Fsp3) is 0.467. The molecule has 20 heavy (non-hydrogen) atoms. The van der Waals surface area contributed by atoms with Crippen LogP contribution in [0.1, 0.15) is 32.6 Å². The number of anilines is 1. The molecule has 0 heterocycles. The van der Waals surface area contributed by atoms with E-state index in [4.69, 9.17) is 0 Å². The SMILES string of the molecule is CC1CCC(NC(=O)C(=O)Nc2ccc(Br)cc2)CC1. The molecule has 0 unspecified atom stereocenters. The van der Waals surface area contributed by atoms with Crippen molar-refractivity contribution < 1.29 is 9.59 Å². The van der Waals surface area contributed by atoms with Gasteiger partial charge in [0, 0.05) is 16.2 Å². The second kappa shape index (κ2) is 6.88. The van der Waals surface area contributed by atoms with Crippen LogP contribution in [-0.4, -0.2) is 17.9 Å². The summed E-state index contributed by atoms with van der Waals surface area (Å²) in [5.41, 5.74) is 0.616. The Balaban J connectivity index is 1.83. The molecule has 1 aromatic carbocycles. The Morgan fingerprint density at radius 3 is 2.25 bits per heavy atom. The van der Waals surface area contributed by atoms with Crippen molar-refractivity contribution in [1.29, 1.82) is 0 Å². The highest BCUT2D eigenvalue weighted by Crippen LogP contribution is 2.23. The summed E-state index contributed by atoms with van der Waals surface area (Å²) in [5, 5.41) is 5.41. The standard InChI is InChI=1S/C15H19BrN2O2/c1-10-2-6-12(7-3-10)17-14(19)15(20)18-13-8-4-11(16)5-9-13/h4-5,8-10,12H,2-3,6-7H2,1H3,(H,17,19)(H,18,20). The zero-order valence-corrected chi connectivity index (χ0v) is 13.1. The maximum Gasteiger partial charge on any atom is 0.313 e. The highest BCUT2D eigenvalue weighted by atomic mass is 79.9. The van der Waals surface area contributed by atoms with Crippen molar-refractivity contribution in [3.8, 4) is 0 Å². The average molecular weight is 339 g/mol. The lowest BCUT2D eigenvalue weighted by molar-refractivity contribution is -0.136. The topological polar surface area (TPSA) is 58.2 Å². The molecule has 0 saturated heterocycles. The van der Waals surface area contributed by atoms with Crippen molar-refractivity contribution in [2.45, 2.75) is 38.6 Å². The second-order valence-electron chi connectivity index (χ2n) is 5.39. The van der Waals surface area contributed by atoms with Gasteiger partial charge in [0.1, 0.15) is 0 Å². The van der Waals surface area contributed by atoms with Crippen LogP contribution in [0, 0.1) is 5.92 Å². The number of nitrogens with one attached hydrogen (secondary N) is 2. The van der Waals surface area contributed by atoms with Gasteiger partial charge in [-0.1, -0.05) is 22.9 Å². The quantitative estimate of drug-likeness (QED) is 0.814. The van der Waals surface area contributed by atoms with E-state index in [1.807, 2.05) is 12.1 Å². The molecule has 2 rings (SSSR count). The van der Waals surface area contributed by atoms with Crippen LogP contribution in [0.2, 0.25) is 0 Å². The Bertz CT molecular complexity index is 479. The van der Waals surface area contributed by atoms with Crippen molar-refractivity contribution in [3.05, 3.63) is 28.7 Å².